The molecule has 3 atom stereocenters. The Labute approximate surface area is 126 Å². The zero-order valence-electron chi connectivity index (χ0n) is 13.0. The first-order chi connectivity index (χ1) is 10.1. The standard InChI is InChI=1S/C16H25N3O2/c1-11(17-3)13-6-8-14(9-7-13)19-16(20)18-12(2)15-5-4-10-21-15/h6-9,11-12,15,17H,4-5,10H2,1-3H3,(H2,18,19,20). The summed E-state index contributed by atoms with van der Waals surface area (Å²) in [5.74, 6) is 0. The number of benzene rings is 1. The topological polar surface area (TPSA) is 62.4 Å². The molecular formula is C16H25N3O2. The largest absolute Gasteiger partial charge is 0.376 e. The summed E-state index contributed by atoms with van der Waals surface area (Å²) in [6.07, 6.45) is 2.22. The number of carbonyl (C=O) groups excluding carboxylic acids is 1. The van der Waals surface area contributed by atoms with Crippen LogP contribution >= 0.6 is 0 Å². The van der Waals surface area contributed by atoms with E-state index in [9.17, 15) is 4.79 Å². The normalized spacial score (nSPS) is 20.8. The number of nitrogens with one attached hydrogen (secondary N) is 3. The van der Waals surface area contributed by atoms with Crippen LogP contribution < -0.4 is 16.0 Å². The summed E-state index contributed by atoms with van der Waals surface area (Å²) in [7, 11) is 1.93. The van der Waals surface area contributed by atoms with Crippen molar-refractivity contribution < 1.29 is 9.53 Å². The lowest BCUT2D eigenvalue weighted by Gasteiger charge is -2.20. The molecule has 1 heterocycles. The quantitative estimate of drug-likeness (QED) is 0.781. The Balaban J connectivity index is 1.84. The highest BCUT2D eigenvalue weighted by Gasteiger charge is 2.23. The van der Waals surface area contributed by atoms with Gasteiger partial charge in [-0.1, -0.05) is 12.1 Å². The van der Waals surface area contributed by atoms with Crippen molar-refractivity contribution in [2.45, 2.75) is 44.9 Å². The molecule has 21 heavy (non-hydrogen) atoms. The SMILES string of the molecule is CNC(C)c1ccc(NC(=O)NC(C)C2CCCO2)cc1. The summed E-state index contributed by atoms with van der Waals surface area (Å²) in [4.78, 5) is 12.0. The van der Waals surface area contributed by atoms with Crippen molar-refractivity contribution in [1.82, 2.24) is 10.6 Å². The van der Waals surface area contributed by atoms with E-state index >= 15 is 0 Å². The van der Waals surface area contributed by atoms with Crippen LogP contribution in [0.1, 0.15) is 38.3 Å². The lowest BCUT2D eigenvalue weighted by Crippen LogP contribution is -2.42. The van der Waals surface area contributed by atoms with E-state index in [4.69, 9.17) is 4.74 Å². The average Bonchev–Trinajstić information content (AvgIpc) is 3.01. The number of ether oxygens (including phenoxy) is 1. The Morgan fingerprint density at radius 1 is 1.29 bits per heavy atom. The van der Waals surface area contributed by atoms with Crippen LogP contribution in [0.15, 0.2) is 24.3 Å². The molecule has 1 fully saturated rings. The first-order valence-corrected chi connectivity index (χ1v) is 7.56. The lowest BCUT2D eigenvalue weighted by atomic mass is 10.1. The van der Waals surface area contributed by atoms with E-state index in [0.717, 1.165) is 25.1 Å². The summed E-state index contributed by atoms with van der Waals surface area (Å²) in [5, 5.41) is 8.97. The van der Waals surface area contributed by atoms with Crippen molar-refractivity contribution in [1.29, 1.82) is 0 Å². The molecule has 1 aliphatic rings. The Kier molecular flexibility index (Phi) is 5.59. The van der Waals surface area contributed by atoms with E-state index in [1.165, 1.54) is 5.56 Å². The zero-order valence-corrected chi connectivity index (χ0v) is 13.0. The van der Waals surface area contributed by atoms with Gasteiger partial charge in [-0.3, -0.25) is 0 Å². The fraction of sp³-hybridized carbons (Fsp3) is 0.562. The highest BCUT2D eigenvalue weighted by molar-refractivity contribution is 5.89. The molecule has 1 aromatic rings. The molecule has 0 saturated carbocycles. The van der Waals surface area contributed by atoms with Gasteiger partial charge in [-0.15, -0.1) is 0 Å². The first-order valence-electron chi connectivity index (χ1n) is 7.56. The smallest absolute Gasteiger partial charge is 0.319 e. The van der Waals surface area contributed by atoms with Crippen molar-refractivity contribution in [2.75, 3.05) is 19.0 Å². The van der Waals surface area contributed by atoms with Crippen molar-refractivity contribution in [3.8, 4) is 0 Å². The molecule has 116 valence electrons. The van der Waals surface area contributed by atoms with E-state index in [2.05, 4.69) is 22.9 Å². The molecule has 1 aliphatic heterocycles. The van der Waals surface area contributed by atoms with E-state index < -0.39 is 0 Å². The Morgan fingerprint density at radius 3 is 2.57 bits per heavy atom. The molecule has 0 radical (unpaired) electrons. The van der Waals surface area contributed by atoms with Crippen LogP contribution in [0.4, 0.5) is 10.5 Å². The molecule has 5 heteroatoms. The molecule has 2 amide bonds. The van der Waals surface area contributed by atoms with Crippen LogP contribution in [0.5, 0.6) is 0 Å². The monoisotopic (exact) mass is 291 g/mol. The Morgan fingerprint density at radius 2 is 2.00 bits per heavy atom. The fourth-order valence-electron chi connectivity index (χ4n) is 2.49. The minimum Gasteiger partial charge on any atom is -0.376 e. The van der Waals surface area contributed by atoms with E-state index in [-0.39, 0.29) is 18.2 Å². The molecule has 0 spiro atoms. The van der Waals surface area contributed by atoms with Gasteiger partial charge in [-0.2, -0.15) is 0 Å². The van der Waals surface area contributed by atoms with E-state index in [0.29, 0.717) is 6.04 Å². The van der Waals surface area contributed by atoms with Gasteiger partial charge in [0, 0.05) is 18.3 Å². The second-order valence-corrected chi connectivity index (χ2v) is 5.57. The molecule has 0 aromatic heterocycles. The van der Waals surface area contributed by atoms with Crippen LogP contribution in [0, 0.1) is 0 Å². The third-order valence-electron chi connectivity index (χ3n) is 3.98. The number of anilines is 1. The highest BCUT2D eigenvalue weighted by Crippen LogP contribution is 2.17. The van der Waals surface area contributed by atoms with Crippen molar-refractivity contribution in [2.24, 2.45) is 0 Å². The maximum Gasteiger partial charge on any atom is 0.319 e. The summed E-state index contributed by atoms with van der Waals surface area (Å²) in [6.45, 7) is 4.87. The molecule has 1 aromatic carbocycles. The molecule has 3 unspecified atom stereocenters. The number of urea groups is 1. The van der Waals surface area contributed by atoms with Crippen LogP contribution in [0.2, 0.25) is 0 Å². The van der Waals surface area contributed by atoms with Gasteiger partial charge < -0.3 is 20.7 Å². The van der Waals surface area contributed by atoms with Gasteiger partial charge >= 0.3 is 6.03 Å². The fourth-order valence-corrected chi connectivity index (χ4v) is 2.49. The Bertz CT molecular complexity index is 455. The number of hydrogen-bond acceptors (Lipinski definition) is 3. The minimum atomic E-state index is -0.188. The summed E-state index contributed by atoms with van der Waals surface area (Å²) in [5.41, 5.74) is 1.98. The van der Waals surface area contributed by atoms with Crippen LogP contribution in [0.25, 0.3) is 0 Å². The predicted octanol–water partition coefficient (Wildman–Crippen LogP) is 2.66. The number of carbonyl (C=O) groups is 1. The number of rotatable bonds is 5. The van der Waals surface area contributed by atoms with Gasteiger partial charge in [0.05, 0.1) is 12.1 Å². The number of amides is 2. The summed E-state index contributed by atoms with van der Waals surface area (Å²) in [6, 6.07) is 8.00. The Hall–Kier alpha value is -1.59. The zero-order chi connectivity index (χ0) is 15.2. The second kappa shape index (κ2) is 7.43. The van der Waals surface area contributed by atoms with Crippen molar-refractivity contribution >= 4 is 11.7 Å². The predicted molar refractivity (Wildman–Crippen MR) is 84.5 cm³/mol. The van der Waals surface area contributed by atoms with Gasteiger partial charge in [0.1, 0.15) is 0 Å². The van der Waals surface area contributed by atoms with Gasteiger partial charge in [-0.25, -0.2) is 4.79 Å². The summed E-state index contributed by atoms with van der Waals surface area (Å²) >= 11 is 0. The summed E-state index contributed by atoms with van der Waals surface area (Å²) < 4.78 is 5.57. The van der Waals surface area contributed by atoms with Crippen LogP contribution in [-0.2, 0) is 4.74 Å². The number of hydrogen-bond donors (Lipinski definition) is 3. The maximum atomic E-state index is 12.0. The third-order valence-corrected chi connectivity index (χ3v) is 3.98. The van der Waals surface area contributed by atoms with Crippen LogP contribution in [-0.4, -0.2) is 31.8 Å². The first kappa shape index (κ1) is 15.8. The molecule has 2 rings (SSSR count). The molecule has 3 N–H and O–H groups in total. The minimum absolute atomic E-state index is 0.0242. The van der Waals surface area contributed by atoms with Gasteiger partial charge in [0.25, 0.3) is 0 Å². The molecular weight excluding hydrogens is 266 g/mol. The van der Waals surface area contributed by atoms with E-state index in [1.807, 2.05) is 38.2 Å². The van der Waals surface area contributed by atoms with Gasteiger partial charge in [0.15, 0.2) is 0 Å². The van der Waals surface area contributed by atoms with Crippen molar-refractivity contribution in [3.63, 3.8) is 0 Å². The van der Waals surface area contributed by atoms with Gasteiger partial charge in [0.2, 0.25) is 0 Å². The third kappa shape index (κ3) is 4.44. The van der Waals surface area contributed by atoms with Crippen LogP contribution in [0.3, 0.4) is 0 Å². The molecule has 0 bridgehead atoms. The van der Waals surface area contributed by atoms with E-state index in [1.54, 1.807) is 0 Å². The second-order valence-electron chi connectivity index (χ2n) is 5.57. The average molecular weight is 291 g/mol. The highest BCUT2D eigenvalue weighted by atomic mass is 16.5. The molecule has 0 aliphatic carbocycles. The lowest BCUT2D eigenvalue weighted by molar-refractivity contribution is 0.0868. The maximum absolute atomic E-state index is 12.0. The van der Waals surface area contributed by atoms with Crippen molar-refractivity contribution in [3.05, 3.63) is 29.8 Å². The van der Waals surface area contributed by atoms with Gasteiger partial charge in [-0.05, 0) is 51.4 Å². The molecule has 5 nitrogen and oxygen atoms in total. The molecule has 1 saturated heterocycles.